The summed E-state index contributed by atoms with van der Waals surface area (Å²) in [4.78, 5) is 37.7. The zero-order valence-corrected chi connectivity index (χ0v) is 20.5. The Kier molecular flexibility index (Phi) is 7.15. The molecule has 7 nitrogen and oxygen atoms in total. The molecule has 4 rings (SSSR count). The molecule has 0 heterocycles. The molecular formula is C28H34N2O5. The lowest BCUT2D eigenvalue weighted by atomic mass is 9.83. The normalized spacial score (nSPS) is 22.5. The van der Waals surface area contributed by atoms with Crippen molar-refractivity contribution in [3.05, 3.63) is 59.7 Å². The van der Waals surface area contributed by atoms with E-state index in [2.05, 4.69) is 34.9 Å². The summed E-state index contributed by atoms with van der Waals surface area (Å²) in [7, 11) is 0. The van der Waals surface area contributed by atoms with Gasteiger partial charge in [-0.05, 0) is 47.9 Å². The summed E-state index contributed by atoms with van der Waals surface area (Å²) in [5.74, 6) is -1.63. The second-order valence-corrected chi connectivity index (χ2v) is 10.0. The SMILES string of the molecule is CC[C@H](C)[C@H](NC(=O)C1(C)CCCC1NC(=O)OCC1c2ccccc2-c2ccccc21)C(=O)O. The first-order valence-electron chi connectivity index (χ1n) is 12.4. The molecule has 2 aliphatic carbocycles. The van der Waals surface area contributed by atoms with Crippen molar-refractivity contribution in [2.75, 3.05) is 6.61 Å². The molecule has 2 amide bonds. The van der Waals surface area contributed by atoms with Crippen LogP contribution in [0.25, 0.3) is 11.1 Å². The Hall–Kier alpha value is -3.35. The summed E-state index contributed by atoms with van der Waals surface area (Å²) in [6.07, 6.45) is 2.04. The van der Waals surface area contributed by atoms with Crippen LogP contribution in [0.5, 0.6) is 0 Å². The first-order valence-corrected chi connectivity index (χ1v) is 12.4. The van der Waals surface area contributed by atoms with E-state index in [1.165, 1.54) is 0 Å². The van der Waals surface area contributed by atoms with Crippen molar-refractivity contribution in [3.63, 3.8) is 0 Å². The van der Waals surface area contributed by atoms with Crippen LogP contribution < -0.4 is 10.6 Å². The highest BCUT2D eigenvalue weighted by Crippen LogP contribution is 2.44. The van der Waals surface area contributed by atoms with E-state index < -0.39 is 29.6 Å². The number of carbonyl (C=O) groups is 3. The molecule has 1 fully saturated rings. The van der Waals surface area contributed by atoms with E-state index in [1.54, 1.807) is 6.92 Å². The number of fused-ring (bicyclic) bond motifs is 3. The molecule has 2 aromatic rings. The zero-order chi connectivity index (χ0) is 25.2. The maximum atomic E-state index is 13.2. The summed E-state index contributed by atoms with van der Waals surface area (Å²) in [6, 6.07) is 14.9. The Bertz CT molecular complexity index is 1070. The van der Waals surface area contributed by atoms with Gasteiger partial charge in [-0.2, -0.15) is 0 Å². The third-order valence-corrected chi connectivity index (χ3v) is 7.88. The van der Waals surface area contributed by atoms with Crippen molar-refractivity contribution in [3.8, 4) is 11.1 Å². The molecule has 2 aliphatic rings. The Balaban J connectivity index is 1.41. The standard InChI is InChI=1S/C28H34N2O5/c1-4-17(2)24(25(31)32)30-26(33)28(3)15-9-14-23(28)29-27(34)35-16-22-20-12-7-5-10-18(20)19-11-6-8-13-21(19)22/h5-8,10-13,17,22-24H,4,9,14-16H2,1-3H3,(H,29,34)(H,30,33)(H,31,32)/t17-,23?,24-,28?/m0/s1. The fourth-order valence-electron chi connectivity index (χ4n) is 5.44. The number of benzene rings is 2. The molecule has 0 radical (unpaired) electrons. The monoisotopic (exact) mass is 478 g/mol. The van der Waals surface area contributed by atoms with Crippen LogP contribution in [0.15, 0.2) is 48.5 Å². The van der Waals surface area contributed by atoms with Gasteiger partial charge in [0.1, 0.15) is 12.6 Å². The summed E-state index contributed by atoms with van der Waals surface area (Å²) in [5.41, 5.74) is 3.69. The number of hydrogen-bond donors (Lipinski definition) is 3. The minimum absolute atomic E-state index is 0.0433. The van der Waals surface area contributed by atoms with Gasteiger partial charge in [-0.15, -0.1) is 0 Å². The molecule has 0 bridgehead atoms. The number of ether oxygens (including phenoxy) is 1. The smallest absolute Gasteiger partial charge is 0.407 e. The maximum Gasteiger partial charge on any atom is 0.407 e. The molecule has 0 aromatic heterocycles. The van der Waals surface area contributed by atoms with Gasteiger partial charge >= 0.3 is 12.1 Å². The van der Waals surface area contributed by atoms with Gasteiger partial charge in [0.15, 0.2) is 0 Å². The number of alkyl carbamates (subject to hydrolysis) is 1. The number of aliphatic carboxylic acids is 1. The van der Waals surface area contributed by atoms with Crippen LogP contribution in [0.3, 0.4) is 0 Å². The Morgan fingerprint density at radius 3 is 2.26 bits per heavy atom. The molecule has 2 aromatic carbocycles. The molecule has 2 unspecified atom stereocenters. The fourth-order valence-corrected chi connectivity index (χ4v) is 5.44. The van der Waals surface area contributed by atoms with Crippen LogP contribution in [0, 0.1) is 11.3 Å². The van der Waals surface area contributed by atoms with E-state index >= 15 is 0 Å². The highest BCUT2D eigenvalue weighted by molar-refractivity contribution is 5.88. The molecule has 0 spiro atoms. The van der Waals surface area contributed by atoms with Gasteiger partial charge in [0.25, 0.3) is 0 Å². The molecule has 0 aliphatic heterocycles. The van der Waals surface area contributed by atoms with Crippen molar-refractivity contribution in [2.24, 2.45) is 11.3 Å². The molecule has 186 valence electrons. The van der Waals surface area contributed by atoms with Crippen LogP contribution in [0.2, 0.25) is 0 Å². The van der Waals surface area contributed by atoms with Gasteiger partial charge < -0.3 is 20.5 Å². The molecular weight excluding hydrogens is 444 g/mol. The highest BCUT2D eigenvalue weighted by Gasteiger charge is 2.47. The average molecular weight is 479 g/mol. The molecule has 7 heteroatoms. The molecule has 4 atom stereocenters. The van der Waals surface area contributed by atoms with Crippen LogP contribution in [-0.4, -0.2) is 41.8 Å². The van der Waals surface area contributed by atoms with Crippen LogP contribution in [0.4, 0.5) is 4.79 Å². The Morgan fingerprint density at radius 1 is 1.09 bits per heavy atom. The van der Waals surface area contributed by atoms with Gasteiger partial charge in [0.05, 0.1) is 5.41 Å². The van der Waals surface area contributed by atoms with Crippen LogP contribution in [-0.2, 0) is 14.3 Å². The Morgan fingerprint density at radius 2 is 1.69 bits per heavy atom. The summed E-state index contributed by atoms with van der Waals surface area (Å²) in [5, 5.41) is 15.2. The molecule has 35 heavy (non-hydrogen) atoms. The van der Waals surface area contributed by atoms with E-state index in [1.807, 2.05) is 38.1 Å². The van der Waals surface area contributed by atoms with Gasteiger partial charge in [-0.3, -0.25) is 4.79 Å². The lowest BCUT2D eigenvalue weighted by Gasteiger charge is -2.33. The first kappa shape index (κ1) is 24.8. The van der Waals surface area contributed by atoms with E-state index in [-0.39, 0.29) is 24.3 Å². The number of carboxylic acids is 1. The fraction of sp³-hybridized carbons (Fsp3) is 0.464. The van der Waals surface area contributed by atoms with Crippen molar-refractivity contribution in [1.29, 1.82) is 0 Å². The number of carboxylic acid groups (broad SMARTS) is 1. The minimum Gasteiger partial charge on any atom is -0.480 e. The number of amides is 2. The lowest BCUT2D eigenvalue weighted by Crippen LogP contribution is -2.55. The van der Waals surface area contributed by atoms with Gasteiger partial charge in [-0.25, -0.2) is 9.59 Å². The van der Waals surface area contributed by atoms with Crippen LogP contribution in [0.1, 0.15) is 63.5 Å². The van der Waals surface area contributed by atoms with E-state index in [9.17, 15) is 19.5 Å². The number of rotatable bonds is 8. The molecule has 3 N–H and O–H groups in total. The second-order valence-electron chi connectivity index (χ2n) is 10.0. The lowest BCUT2D eigenvalue weighted by molar-refractivity contribution is -0.145. The minimum atomic E-state index is -1.05. The van der Waals surface area contributed by atoms with Crippen molar-refractivity contribution < 1.29 is 24.2 Å². The van der Waals surface area contributed by atoms with Crippen LogP contribution >= 0.6 is 0 Å². The quantitative estimate of drug-likeness (QED) is 0.510. The molecule has 0 saturated heterocycles. The number of hydrogen-bond acceptors (Lipinski definition) is 4. The summed E-state index contributed by atoms with van der Waals surface area (Å²) < 4.78 is 5.67. The molecule has 1 saturated carbocycles. The first-order chi connectivity index (χ1) is 16.8. The van der Waals surface area contributed by atoms with Gasteiger partial charge in [0, 0.05) is 12.0 Å². The third-order valence-electron chi connectivity index (χ3n) is 7.88. The zero-order valence-electron chi connectivity index (χ0n) is 20.5. The third kappa shape index (κ3) is 4.77. The average Bonchev–Trinajstić information content (AvgIpc) is 3.38. The van der Waals surface area contributed by atoms with E-state index in [4.69, 9.17) is 4.74 Å². The maximum absolute atomic E-state index is 13.2. The van der Waals surface area contributed by atoms with Crippen molar-refractivity contribution in [2.45, 2.75) is 64.5 Å². The predicted molar refractivity (Wildman–Crippen MR) is 133 cm³/mol. The highest BCUT2D eigenvalue weighted by atomic mass is 16.5. The van der Waals surface area contributed by atoms with Gasteiger partial charge in [-0.1, -0.05) is 75.2 Å². The van der Waals surface area contributed by atoms with Crippen molar-refractivity contribution in [1.82, 2.24) is 10.6 Å². The van der Waals surface area contributed by atoms with E-state index in [0.29, 0.717) is 19.3 Å². The van der Waals surface area contributed by atoms with Crippen molar-refractivity contribution >= 4 is 18.0 Å². The largest absolute Gasteiger partial charge is 0.480 e. The van der Waals surface area contributed by atoms with E-state index in [0.717, 1.165) is 28.7 Å². The summed E-state index contributed by atoms with van der Waals surface area (Å²) >= 11 is 0. The number of nitrogens with one attached hydrogen (secondary N) is 2. The number of carbonyl (C=O) groups excluding carboxylic acids is 2. The topological polar surface area (TPSA) is 105 Å². The summed E-state index contributed by atoms with van der Waals surface area (Å²) in [6.45, 7) is 5.69. The second kappa shape index (κ2) is 10.1. The van der Waals surface area contributed by atoms with Gasteiger partial charge in [0.2, 0.25) is 5.91 Å². The Labute approximate surface area is 206 Å². The predicted octanol–water partition coefficient (Wildman–Crippen LogP) is 4.70.